The Morgan fingerprint density at radius 2 is 1.85 bits per heavy atom. The van der Waals surface area contributed by atoms with Gasteiger partial charge in [0.05, 0.1) is 12.6 Å². The molecule has 0 bridgehead atoms. The third-order valence-corrected chi connectivity index (χ3v) is 2.88. The molecule has 1 aliphatic heterocycles. The number of hydrogen-bond acceptors (Lipinski definition) is 5. The minimum Gasteiger partial charge on any atom is -0.389 e. The highest BCUT2D eigenvalue weighted by Crippen LogP contribution is 2.16. The highest BCUT2D eigenvalue weighted by Gasteiger charge is 2.29. The van der Waals surface area contributed by atoms with Crippen LogP contribution in [0.15, 0.2) is 12.0 Å². The normalized spacial score (nSPS) is 15.3. The number of halogens is 1. The van der Waals surface area contributed by atoms with E-state index in [1.807, 2.05) is 0 Å². The first-order valence-electron chi connectivity index (χ1n) is 6.33. The summed E-state index contributed by atoms with van der Waals surface area (Å²) >= 11 is 0. The molecular weight excluding hydrogens is 269 g/mol. The number of ketones is 2. The van der Waals surface area contributed by atoms with Gasteiger partial charge in [-0.15, -0.1) is 0 Å². The van der Waals surface area contributed by atoms with Crippen LogP contribution in [-0.4, -0.2) is 40.0 Å². The third kappa shape index (κ3) is 4.65. The Balaban J connectivity index is 2.34. The van der Waals surface area contributed by atoms with Gasteiger partial charge in [0.15, 0.2) is 11.6 Å². The smallest absolute Gasteiger partial charge is 0.241 e. The standard InChI is InChI=1S/C13H16FNO5/c14-10-7-15(13(20)6-11(10)18)12(19)5-3-1-2-4-9(17)8-16/h7,16H,1-6,8H2. The molecule has 0 aromatic rings. The summed E-state index contributed by atoms with van der Waals surface area (Å²) in [7, 11) is 0. The minimum atomic E-state index is -1.09. The first kappa shape index (κ1) is 16.2. The lowest BCUT2D eigenvalue weighted by molar-refractivity contribution is -0.143. The average molecular weight is 285 g/mol. The molecule has 6 nitrogen and oxygen atoms in total. The number of Topliss-reactive ketones (excluding diaryl/α,β-unsaturated/α-hetero) is 2. The second kappa shape index (κ2) is 7.64. The minimum absolute atomic E-state index is 0.0387. The Morgan fingerprint density at radius 1 is 1.20 bits per heavy atom. The van der Waals surface area contributed by atoms with E-state index in [0.717, 1.165) is 0 Å². The van der Waals surface area contributed by atoms with Crippen molar-refractivity contribution in [2.24, 2.45) is 0 Å². The molecule has 0 saturated carbocycles. The van der Waals surface area contributed by atoms with E-state index in [-0.39, 0.29) is 18.6 Å². The molecule has 1 aliphatic rings. The Morgan fingerprint density at radius 3 is 2.50 bits per heavy atom. The highest BCUT2D eigenvalue weighted by molar-refractivity contribution is 6.13. The molecule has 0 spiro atoms. The summed E-state index contributed by atoms with van der Waals surface area (Å²) in [5.41, 5.74) is 0. The monoisotopic (exact) mass is 285 g/mol. The van der Waals surface area contributed by atoms with E-state index in [9.17, 15) is 23.6 Å². The Kier molecular flexibility index (Phi) is 6.17. The fraction of sp³-hybridized carbons (Fsp3) is 0.538. The van der Waals surface area contributed by atoms with Crippen LogP contribution in [0.25, 0.3) is 0 Å². The topological polar surface area (TPSA) is 91.8 Å². The van der Waals surface area contributed by atoms with Crippen LogP contribution in [0.4, 0.5) is 4.39 Å². The number of carbonyl (C=O) groups excluding carboxylic acids is 4. The van der Waals surface area contributed by atoms with Gasteiger partial charge in [0.1, 0.15) is 6.61 Å². The maximum Gasteiger partial charge on any atom is 0.241 e. The van der Waals surface area contributed by atoms with Crippen molar-refractivity contribution in [1.29, 1.82) is 0 Å². The Labute approximate surface area is 115 Å². The van der Waals surface area contributed by atoms with Crippen molar-refractivity contribution in [2.75, 3.05) is 6.61 Å². The molecule has 20 heavy (non-hydrogen) atoms. The lowest BCUT2D eigenvalue weighted by atomic mass is 10.1. The highest BCUT2D eigenvalue weighted by atomic mass is 19.1. The molecule has 0 radical (unpaired) electrons. The van der Waals surface area contributed by atoms with E-state index in [2.05, 4.69) is 0 Å². The van der Waals surface area contributed by atoms with E-state index >= 15 is 0 Å². The molecule has 1 rings (SSSR count). The van der Waals surface area contributed by atoms with Crippen LogP contribution in [0.2, 0.25) is 0 Å². The van der Waals surface area contributed by atoms with Gasteiger partial charge in [0.2, 0.25) is 17.6 Å². The summed E-state index contributed by atoms with van der Waals surface area (Å²) < 4.78 is 13.0. The quantitative estimate of drug-likeness (QED) is 0.547. The number of aliphatic hydroxyl groups excluding tert-OH is 1. The van der Waals surface area contributed by atoms with Crippen molar-refractivity contribution < 1.29 is 28.7 Å². The van der Waals surface area contributed by atoms with Crippen molar-refractivity contribution in [2.45, 2.75) is 38.5 Å². The molecule has 0 aromatic heterocycles. The van der Waals surface area contributed by atoms with Crippen molar-refractivity contribution >= 4 is 23.4 Å². The SMILES string of the molecule is O=C(CO)CCCCCC(=O)N1C=C(F)C(=O)CC1=O. The predicted molar refractivity (Wildman–Crippen MR) is 65.8 cm³/mol. The summed E-state index contributed by atoms with van der Waals surface area (Å²) in [6.45, 7) is -0.487. The zero-order chi connectivity index (χ0) is 15.1. The van der Waals surface area contributed by atoms with Gasteiger partial charge in [-0.05, 0) is 12.8 Å². The second-order valence-electron chi connectivity index (χ2n) is 4.49. The number of rotatable bonds is 7. The van der Waals surface area contributed by atoms with Gasteiger partial charge >= 0.3 is 0 Å². The van der Waals surface area contributed by atoms with Crippen LogP contribution in [0.5, 0.6) is 0 Å². The van der Waals surface area contributed by atoms with E-state index < -0.39 is 36.5 Å². The van der Waals surface area contributed by atoms with E-state index in [1.165, 1.54) is 0 Å². The Bertz CT molecular complexity index is 458. The summed E-state index contributed by atoms with van der Waals surface area (Å²) in [5.74, 6) is -3.55. The first-order valence-corrected chi connectivity index (χ1v) is 6.33. The van der Waals surface area contributed by atoms with E-state index in [4.69, 9.17) is 5.11 Å². The molecule has 110 valence electrons. The number of aliphatic hydroxyl groups is 1. The lowest BCUT2D eigenvalue weighted by Crippen LogP contribution is -2.37. The second-order valence-corrected chi connectivity index (χ2v) is 4.49. The predicted octanol–water partition coefficient (Wildman–Crippen LogP) is 0.637. The molecule has 0 aliphatic carbocycles. The molecule has 0 fully saturated rings. The number of amides is 2. The van der Waals surface area contributed by atoms with Crippen LogP contribution in [-0.2, 0) is 19.2 Å². The molecular formula is C13H16FNO5. The van der Waals surface area contributed by atoms with Crippen molar-refractivity contribution in [1.82, 2.24) is 4.90 Å². The zero-order valence-electron chi connectivity index (χ0n) is 10.9. The van der Waals surface area contributed by atoms with Crippen LogP contribution < -0.4 is 0 Å². The summed E-state index contributed by atoms with van der Waals surface area (Å²) in [6.07, 6.45) is 1.87. The molecule has 1 heterocycles. The van der Waals surface area contributed by atoms with Gasteiger partial charge in [0.25, 0.3) is 0 Å². The number of hydrogen-bond donors (Lipinski definition) is 1. The molecule has 0 aromatic carbocycles. The third-order valence-electron chi connectivity index (χ3n) is 2.88. The first-order chi connectivity index (χ1) is 9.45. The van der Waals surface area contributed by atoms with E-state index in [1.54, 1.807) is 0 Å². The summed E-state index contributed by atoms with van der Waals surface area (Å²) in [5, 5.41) is 8.51. The Hall–Kier alpha value is -1.89. The fourth-order valence-corrected chi connectivity index (χ4v) is 1.75. The number of imide groups is 1. The van der Waals surface area contributed by atoms with Gasteiger partial charge in [-0.1, -0.05) is 6.42 Å². The zero-order valence-corrected chi connectivity index (χ0v) is 10.9. The number of unbranched alkanes of at least 4 members (excludes halogenated alkanes) is 2. The van der Waals surface area contributed by atoms with Crippen LogP contribution in [0.1, 0.15) is 38.5 Å². The van der Waals surface area contributed by atoms with Gasteiger partial charge in [0, 0.05) is 12.8 Å². The van der Waals surface area contributed by atoms with Gasteiger partial charge < -0.3 is 5.11 Å². The molecule has 0 unspecified atom stereocenters. The van der Waals surface area contributed by atoms with Crippen molar-refractivity contribution in [3.8, 4) is 0 Å². The van der Waals surface area contributed by atoms with Gasteiger partial charge in [-0.3, -0.25) is 24.1 Å². The van der Waals surface area contributed by atoms with Crippen LogP contribution >= 0.6 is 0 Å². The average Bonchev–Trinajstić information content (AvgIpc) is 2.41. The van der Waals surface area contributed by atoms with Gasteiger partial charge in [-0.25, -0.2) is 4.39 Å². The maximum absolute atomic E-state index is 13.0. The summed E-state index contributed by atoms with van der Waals surface area (Å²) in [4.78, 5) is 45.5. The number of nitrogens with zero attached hydrogens (tertiary/aromatic N) is 1. The molecule has 0 saturated heterocycles. The van der Waals surface area contributed by atoms with Crippen molar-refractivity contribution in [3.05, 3.63) is 12.0 Å². The van der Waals surface area contributed by atoms with Crippen LogP contribution in [0, 0.1) is 0 Å². The fourth-order valence-electron chi connectivity index (χ4n) is 1.75. The lowest BCUT2D eigenvalue weighted by Gasteiger charge is -2.19. The van der Waals surface area contributed by atoms with Gasteiger partial charge in [-0.2, -0.15) is 0 Å². The summed E-state index contributed by atoms with van der Waals surface area (Å²) in [6, 6.07) is 0. The number of allylic oxidation sites excluding steroid dienone is 1. The number of carbonyl (C=O) groups is 4. The molecule has 7 heteroatoms. The van der Waals surface area contributed by atoms with Crippen molar-refractivity contribution in [3.63, 3.8) is 0 Å². The molecule has 0 atom stereocenters. The molecule has 2 amide bonds. The van der Waals surface area contributed by atoms with Crippen LogP contribution in [0.3, 0.4) is 0 Å². The largest absolute Gasteiger partial charge is 0.389 e. The maximum atomic E-state index is 13.0. The van der Waals surface area contributed by atoms with E-state index in [0.29, 0.717) is 30.4 Å². The molecule has 1 N–H and O–H groups in total.